The molecule has 0 saturated carbocycles. The van der Waals surface area contributed by atoms with Crippen LogP contribution in [0.3, 0.4) is 0 Å². The normalized spacial score (nSPS) is 12.1. The van der Waals surface area contributed by atoms with Crippen molar-refractivity contribution in [2.75, 3.05) is 5.32 Å². The zero-order valence-electron chi connectivity index (χ0n) is 27.0. The molecule has 0 aliphatic carbocycles. The number of nitrogens with zero attached hydrogens (tertiary/aromatic N) is 2. The SMILES string of the molecule is CC(C)c1ccc(-c2ccc(C(=O)N[C@H](Cc3ccc(-c4noc(-c5ccc(NC(=O)OC(C)(C)C)cc5)n4)c(F)c3)C(=O)O)o2)cc1. The molecule has 248 valence electrons. The number of amides is 2. The van der Waals surface area contributed by atoms with E-state index in [0.29, 0.717) is 28.5 Å². The number of carboxylic acid groups (broad SMARTS) is 1. The summed E-state index contributed by atoms with van der Waals surface area (Å²) in [6, 6.07) is 20.2. The Bertz CT molecular complexity index is 1920. The molecular weight excluding hydrogens is 619 g/mol. The highest BCUT2D eigenvalue weighted by atomic mass is 19.1. The van der Waals surface area contributed by atoms with Crippen LogP contribution in [0.25, 0.3) is 34.2 Å². The molecule has 2 amide bonds. The van der Waals surface area contributed by atoms with Crippen LogP contribution < -0.4 is 10.6 Å². The maximum absolute atomic E-state index is 15.2. The fourth-order valence-electron chi connectivity index (χ4n) is 4.75. The first-order valence-electron chi connectivity index (χ1n) is 15.2. The van der Waals surface area contributed by atoms with Gasteiger partial charge in [0.1, 0.15) is 23.2 Å². The quantitative estimate of drug-likeness (QED) is 0.137. The smallest absolute Gasteiger partial charge is 0.412 e. The third kappa shape index (κ3) is 8.32. The van der Waals surface area contributed by atoms with Crippen molar-refractivity contribution in [1.82, 2.24) is 15.5 Å². The van der Waals surface area contributed by atoms with E-state index in [1.54, 1.807) is 51.1 Å². The van der Waals surface area contributed by atoms with E-state index in [2.05, 4.69) is 34.6 Å². The van der Waals surface area contributed by atoms with Crippen LogP contribution in [0.15, 0.2) is 87.8 Å². The zero-order chi connectivity index (χ0) is 34.6. The average molecular weight is 655 g/mol. The second-order valence-electron chi connectivity index (χ2n) is 12.5. The molecule has 11 nitrogen and oxygen atoms in total. The van der Waals surface area contributed by atoms with Gasteiger partial charge in [0.2, 0.25) is 5.82 Å². The van der Waals surface area contributed by atoms with Gasteiger partial charge in [0.25, 0.3) is 11.8 Å². The standard InChI is InChI=1S/C36H35FN4O7/c1-20(2)22-7-9-23(10-8-22)29-16-17-30(46-29)32(42)39-28(34(43)44)19-21-6-15-26(27(37)18-21)31-40-33(48-41-31)24-11-13-25(14-12-24)38-35(45)47-36(3,4)5/h6-18,20,28H,19H2,1-5H3,(H,38,45)(H,39,42)(H,43,44)/t28-/m1/s1. The van der Waals surface area contributed by atoms with Crippen LogP contribution in [0.2, 0.25) is 0 Å². The van der Waals surface area contributed by atoms with Crippen molar-refractivity contribution in [1.29, 1.82) is 0 Å². The number of aromatic nitrogens is 2. The third-order valence-electron chi connectivity index (χ3n) is 7.21. The lowest BCUT2D eigenvalue weighted by atomic mass is 10.0. The third-order valence-corrected chi connectivity index (χ3v) is 7.21. The summed E-state index contributed by atoms with van der Waals surface area (Å²) in [5.74, 6) is -1.80. The molecule has 12 heteroatoms. The second kappa shape index (κ2) is 13.9. The van der Waals surface area contributed by atoms with Gasteiger partial charge in [-0.15, -0.1) is 0 Å². The summed E-state index contributed by atoms with van der Waals surface area (Å²) < 4.78 is 31.5. The number of hydrogen-bond donors (Lipinski definition) is 3. The van der Waals surface area contributed by atoms with Crippen LogP contribution in [0.1, 0.15) is 62.2 Å². The minimum absolute atomic E-state index is 0.0134. The Labute approximate surface area is 276 Å². The van der Waals surface area contributed by atoms with Gasteiger partial charge in [-0.2, -0.15) is 4.98 Å². The Morgan fingerprint density at radius 2 is 1.62 bits per heavy atom. The predicted molar refractivity (Wildman–Crippen MR) is 176 cm³/mol. The van der Waals surface area contributed by atoms with E-state index in [1.807, 2.05) is 24.3 Å². The first-order chi connectivity index (χ1) is 22.8. The molecule has 0 aliphatic rings. The molecule has 3 aromatic carbocycles. The first kappa shape index (κ1) is 33.6. The maximum Gasteiger partial charge on any atom is 0.412 e. The number of hydrogen-bond acceptors (Lipinski definition) is 8. The Balaban J connectivity index is 1.22. The molecule has 0 saturated heterocycles. The molecule has 0 fully saturated rings. The van der Waals surface area contributed by atoms with E-state index in [-0.39, 0.29) is 29.5 Å². The monoisotopic (exact) mass is 654 g/mol. The van der Waals surface area contributed by atoms with Gasteiger partial charge >= 0.3 is 12.1 Å². The lowest BCUT2D eigenvalue weighted by molar-refractivity contribution is -0.139. The Morgan fingerprint density at radius 3 is 2.25 bits per heavy atom. The highest BCUT2D eigenvalue weighted by molar-refractivity contribution is 5.95. The molecule has 0 unspecified atom stereocenters. The fourth-order valence-corrected chi connectivity index (χ4v) is 4.75. The number of halogens is 1. The number of carbonyl (C=O) groups is 3. The number of carbonyl (C=O) groups excluding carboxylic acids is 2. The highest BCUT2D eigenvalue weighted by Crippen LogP contribution is 2.27. The van der Waals surface area contributed by atoms with E-state index < -0.39 is 35.4 Å². The molecule has 0 radical (unpaired) electrons. The van der Waals surface area contributed by atoms with Gasteiger partial charge in [-0.1, -0.05) is 49.3 Å². The number of anilines is 1. The average Bonchev–Trinajstić information content (AvgIpc) is 3.71. The van der Waals surface area contributed by atoms with Crippen molar-refractivity contribution in [2.24, 2.45) is 0 Å². The summed E-state index contributed by atoms with van der Waals surface area (Å²) in [5.41, 5.74) is 2.70. The number of furan rings is 1. The van der Waals surface area contributed by atoms with Crippen LogP contribution in [-0.4, -0.2) is 44.9 Å². The van der Waals surface area contributed by atoms with Crippen molar-refractivity contribution in [2.45, 2.75) is 58.6 Å². The van der Waals surface area contributed by atoms with Gasteiger partial charge in [0, 0.05) is 23.2 Å². The van der Waals surface area contributed by atoms with Gasteiger partial charge in [-0.05, 0) is 86.3 Å². The Hall–Kier alpha value is -5.78. The van der Waals surface area contributed by atoms with E-state index in [1.165, 1.54) is 18.2 Å². The largest absolute Gasteiger partial charge is 0.480 e. The lowest BCUT2D eigenvalue weighted by Gasteiger charge is -2.19. The minimum atomic E-state index is -1.36. The zero-order valence-corrected chi connectivity index (χ0v) is 27.0. The molecule has 5 rings (SSSR count). The van der Waals surface area contributed by atoms with Gasteiger partial charge in [-0.25, -0.2) is 14.0 Å². The Morgan fingerprint density at radius 1 is 0.938 bits per heavy atom. The van der Waals surface area contributed by atoms with Crippen LogP contribution in [0.4, 0.5) is 14.9 Å². The van der Waals surface area contributed by atoms with Crippen LogP contribution in [-0.2, 0) is 16.0 Å². The van der Waals surface area contributed by atoms with Crippen molar-refractivity contribution in [3.63, 3.8) is 0 Å². The number of ether oxygens (including phenoxy) is 1. The van der Waals surface area contributed by atoms with Gasteiger partial charge in [-0.3, -0.25) is 10.1 Å². The number of benzene rings is 3. The molecule has 0 bridgehead atoms. The number of rotatable bonds is 10. The molecule has 1 atom stereocenters. The minimum Gasteiger partial charge on any atom is -0.480 e. The predicted octanol–water partition coefficient (Wildman–Crippen LogP) is 7.70. The molecule has 0 spiro atoms. The van der Waals surface area contributed by atoms with Crippen molar-refractivity contribution in [3.8, 4) is 34.2 Å². The number of nitrogens with one attached hydrogen (secondary N) is 2. The van der Waals surface area contributed by atoms with E-state index >= 15 is 4.39 Å². The lowest BCUT2D eigenvalue weighted by Crippen LogP contribution is -2.42. The molecule has 2 heterocycles. The fraction of sp³-hybridized carbons (Fsp3) is 0.250. The van der Waals surface area contributed by atoms with Crippen molar-refractivity contribution in [3.05, 3.63) is 102 Å². The summed E-state index contributed by atoms with van der Waals surface area (Å²) >= 11 is 0. The number of aliphatic carboxylic acids is 1. The molecule has 48 heavy (non-hydrogen) atoms. The summed E-state index contributed by atoms with van der Waals surface area (Å²) in [5, 5.41) is 18.8. The molecule has 0 aliphatic heterocycles. The first-order valence-corrected chi connectivity index (χ1v) is 15.2. The Kier molecular flexibility index (Phi) is 9.74. The van der Waals surface area contributed by atoms with E-state index in [4.69, 9.17) is 13.7 Å². The molecule has 3 N–H and O–H groups in total. The van der Waals surface area contributed by atoms with Crippen LogP contribution in [0.5, 0.6) is 0 Å². The summed E-state index contributed by atoms with van der Waals surface area (Å²) in [6.07, 6.45) is -0.787. The molecule has 5 aromatic rings. The highest BCUT2D eigenvalue weighted by Gasteiger charge is 2.24. The van der Waals surface area contributed by atoms with Crippen LogP contribution >= 0.6 is 0 Å². The molecular formula is C36H35FN4O7. The van der Waals surface area contributed by atoms with Crippen LogP contribution in [0, 0.1) is 5.82 Å². The van der Waals surface area contributed by atoms with Gasteiger partial charge < -0.3 is 24.1 Å². The van der Waals surface area contributed by atoms with E-state index in [0.717, 1.165) is 17.2 Å². The van der Waals surface area contributed by atoms with E-state index in [9.17, 15) is 19.5 Å². The summed E-state index contributed by atoms with van der Waals surface area (Å²) in [7, 11) is 0. The number of carboxylic acids is 1. The maximum atomic E-state index is 15.2. The summed E-state index contributed by atoms with van der Waals surface area (Å²) in [6.45, 7) is 9.47. The van der Waals surface area contributed by atoms with Gasteiger partial charge in [0.15, 0.2) is 5.76 Å². The van der Waals surface area contributed by atoms with Crippen molar-refractivity contribution < 1.29 is 37.6 Å². The second-order valence-corrected chi connectivity index (χ2v) is 12.5. The molecule has 2 aromatic heterocycles. The van der Waals surface area contributed by atoms with Crippen molar-refractivity contribution >= 4 is 23.7 Å². The summed E-state index contributed by atoms with van der Waals surface area (Å²) in [4.78, 5) is 41.2. The van der Waals surface area contributed by atoms with Gasteiger partial charge in [0.05, 0.1) is 5.56 Å². The topological polar surface area (TPSA) is 157 Å².